The van der Waals surface area contributed by atoms with Gasteiger partial charge in [-0.1, -0.05) is 19.1 Å². The number of benzene rings is 1. The molecule has 1 N–H and O–H groups in total. The number of halogens is 3. The lowest BCUT2D eigenvalue weighted by Crippen LogP contribution is -2.50. The molecule has 0 radical (unpaired) electrons. The van der Waals surface area contributed by atoms with E-state index in [2.05, 4.69) is 4.98 Å². The number of hydrogen-bond acceptors (Lipinski definition) is 3. The summed E-state index contributed by atoms with van der Waals surface area (Å²) in [6, 6.07) is 5.00. The minimum absolute atomic E-state index is 0.134. The zero-order chi connectivity index (χ0) is 19.1. The van der Waals surface area contributed by atoms with Crippen LogP contribution in [-0.2, 0) is 22.3 Å². The van der Waals surface area contributed by atoms with Gasteiger partial charge in [0.25, 0.3) is 0 Å². The van der Waals surface area contributed by atoms with Crippen molar-refractivity contribution in [3.05, 3.63) is 30.1 Å². The monoisotopic (exact) mass is 369 g/mol. The summed E-state index contributed by atoms with van der Waals surface area (Å²) < 4.78 is 40.8. The smallest absolute Gasteiger partial charge is 0.449 e. The van der Waals surface area contributed by atoms with Crippen LogP contribution in [0.15, 0.2) is 24.3 Å². The zero-order valence-electron chi connectivity index (χ0n) is 14.0. The molecule has 2 atom stereocenters. The SMILES string of the molecule is CC1CCN(C(=O)Cn2c(C(F)(F)F)nc3ccccc32)C(C(=O)O)C1. The third-order valence-electron chi connectivity index (χ3n) is 4.67. The fraction of sp³-hybridized carbons (Fsp3) is 0.471. The highest BCUT2D eigenvalue weighted by Gasteiger charge is 2.40. The number of aliphatic carboxylic acids is 1. The van der Waals surface area contributed by atoms with Crippen LogP contribution in [0.4, 0.5) is 13.2 Å². The number of carboxylic acids is 1. The predicted octanol–water partition coefficient (Wildman–Crippen LogP) is 2.77. The van der Waals surface area contributed by atoms with Gasteiger partial charge in [-0.25, -0.2) is 9.78 Å². The summed E-state index contributed by atoms with van der Waals surface area (Å²) in [6.07, 6.45) is -3.81. The Kier molecular flexibility index (Phi) is 4.64. The van der Waals surface area contributed by atoms with Crippen molar-refractivity contribution in [1.82, 2.24) is 14.5 Å². The van der Waals surface area contributed by atoms with Gasteiger partial charge in [-0.15, -0.1) is 0 Å². The normalized spacial score (nSPS) is 21.2. The van der Waals surface area contributed by atoms with Gasteiger partial charge in [0.15, 0.2) is 0 Å². The first kappa shape index (κ1) is 18.2. The van der Waals surface area contributed by atoms with Crippen LogP contribution >= 0.6 is 0 Å². The Hall–Kier alpha value is -2.58. The molecule has 3 rings (SSSR count). The van der Waals surface area contributed by atoms with Crippen LogP contribution in [0.2, 0.25) is 0 Å². The van der Waals surface area contributed by atoms with Crippen LogP contribution in [0.1, 0.15) is 25.6 Å². The van der Waals surface area contributed by atoms with Crippen LogP contribution < -0.4 is 0 Å². The molecule has 2 heterocycles. The average molecular weight is 369 g/mol. The van der Waals surface area contributed by atoms with Crippen molar-refractivity contribution < 1.29 is 27.9 Å². The second-order valence-electron chi connectivity index (χ2n) is 6.58. The molecule has 1 aliphatic heterocycles. The lowest BCUT2D eigenvalue weighted by molar-refractivity contribution is -0.155. The maximum Gasteiger partial charge on any atom is 0.449 e. The predicted molar refractivity (Wildman–Crippen MR) is 86.3 cm³/mol. The van der Waals surface area contributed by atoms with Crippen molar-refractivity contribution in [2.75, 3.05) is 6.54 Å². The Bertz CT molecular complexity index is 847. The van der Waals surface area contributed by atoms with Crippen LogP contribution in [0.3, 0.4) is 0 Å². The van der Waals surface area contributed by atoms with Crippen LogP contribution in [0, 0.1) is 5.92 Å². The zero-order valence-corrected chi connectivity index (χ0v) is 14.0. The molecule has 6 nitrogen and oxygen atoms in total. The van der Waals surface area contributed by atoms with Crippen LogP contribution in [0.25, 0.3) is 11.0 Å². The highest BCUT2D eigenvalue weighted by molar-refractivity contribution is 5.85. The van der Waals surface area contributed by atoms with Crippen molar-refractivity contribution in [2.45, 2.75) is 38.5 Å². The molecule has 0 aliphatic carbocycles. The lowest BCUT2D eigenvalue weighted by Gasteiger charge is -2.36. The molecule has 1 fully saturated rings. The van der Waals surface area contributed by atoms with Gasteiger partial charge in [0.2, 0.25) is 11.7 Å². The molecule has 9 heteroatoms. The maximum atomic E-state index is 13.3. The maximum absolute atomic E-state index is 13.3. The molecular formula is C17H18F3N3O3. The number of likely N-dealkylation sites (tertiary alicyclic amines) is 1. The quantitative estimate of drug-likeness (QED) is 0.903. The van der Waals surface area contributed by atoms with E-state index >= 15 is 0 Å². The molecule has 0 bridgehead atoms. The molecule has 0 spiro atoms. The van der Waals surface area contributed by atoms with Crippen molar-refractivity contribution in [3.63, 3.8) is 0 Å². The van der Waals surface area contributed by atoms with Gasteiger partial charge in [-0.3, -0.25) is 4.79 Å². The van der Waals surface area contributed by atoms with E-state index in [-0.39, 0.29) is 29.9 Å². The Labute approximate surface area is 147 Å². The van der Waals surface area contributed by atoms with E-state index in [9.17, 15) is 27.9 Å². The molecule has 140 valence electrons. The van der Waals surface area contributed by atoms with Crippen LogP contribution in [0.5, 0.6) is 0 Å². The summed E-state index contributed by atoms with van der Waals surface area (Å²) in [7, 11) is 0. The van der Waals surface area contributed by atoms with E-state index in [4.69, 9.17) is 0 Å². The number of imidazole rings is 1. The van der Waals surface area contributed by atoms with E-state index in [0.717, 1.165) is 9.47 Å². The van der Waals surface area contributed by atoms with E-state index in [1.807, 2.05) is 6.92 Å². The second-order valence-corrected chi connectivity index (χ2v) is 6.58. The minimum Gasteiger partial charge on any atom is -0.480 e. The molecule has 1 aromatic carbocycles. The van der Waals surface area contributed by atoms with Crippen LogP contribution in [-0.4, -0.2) is 44.0 Å². The van der Waals surface area contributed by atoms with Crippen molar-refractivity contribution >= 4 is 22.9 Å². The Balaban J connectivity index is 1.95. The molecule has 1 saturated heterocycles. The molecule has 0 saturated carbocycles. The summed E-state index contributed by atoms with van der Waals surface area (Å²) in [5.41, 5.74) is 0.320. The number of amides is 1. The first-order valence-electron chi connectivity index (χ1n) is 8.23. The van der Waals surface area contributed by atoms with Gasteiger partial charge in [0.1, 0.15) is 12.6 Å². The third kappa shape index (κ3) is 3.38. The number of rotatable bonds is 3. The lowest BCUT2D eigenvalue weighted by atomic mass is 9.92. The first-order chi connectivity index (χ1) is 12.2. The highest BCUT2D eigenvalue weighted by Crippen LogP contribution is 2.32. The van der Waals surface area contributed by atoms with E-state index in [0.29, 0.717) is 6.42 Å². The average Bonchev–Trinajstić information content (AvgIpc) is 2.93. The second kappa shape index (κ2) is 6.62. The number of hydrogen-bond donors (Lipinski definition) is 1. The number of alkyl halides is 3. The number of carbonyl (C=O) groups excluding carboxylic acids is 1. The molecule has 1 amide bonds. The van der Waals surface area contributed by atoms with Gasteiger partial charge in [0.05, 0.1) is 11.0 Å². The Morgan fingerprint density at radius 3 is 2.65 bits per heavy atom. The fourth-order valence-corrected chi connectivity index (χ4v) is 3.35. The van der Waals surface area contributed by atoms with Gasteiger partial charge in [-0.2, -0.15) is 13.2 Å². The summed E-state index contributed by atoms with van der Waals surface area (Å²) in [4.78, 5) is 28.9. The van der Waals surface area contributed by atoms with Gasteiger partial charge >= 0.3 is 12.1 Å². The molecule has 1 aromatic heterocycles. The molecule has 2 unspecified atom stereocenters. The van der Waals surface area contributed by atoms with E-state index < -0.39 is 36.5 Å². The minimum atomic E-state index is -4.72. The standard InChI is InChI=1S/C17H18F3N3O3/c1-10-6-7-22(13(8-10)15(25)26)14(24)9-23-12-5-3-2-4-11(12)21-16(23)17(18,19)20/h2-5,10,13H,6-9H2,1H3,(H,25,26). The molecule has 2 aromatic rings. The number of fused-ring (bicyclic) bond motifs is 1. The Morgan fingerprint density at radius 1 is 1.31 bits per heavy atom. The number of para-hydroxylation sites is 2. The highest BCUT2D eigenvalue weighted by atomic mass is 19.4. The molecule has 26 heavy (non-hydrogen) atoms. The van der Waals surface area contributed by atoms with E-state index in [1.165, 1.54) is 12.1 Å². The number of piperidine rings is 1. The summed E-state index contributed by atoms with van der Waals surface area (Å²) in [5.74, 6) is -2.82. The van der Waals surface area contributed by atoms with Gasteiger partial charge < -0.3 is 14.6 Å². The number of carbonyl (C=O) groups is 2. The molecular weight excluding hydrogens is 351 g/mol. The van der Waals surface area contributed by atoms with Crippen molar-refractivity contribution in [2.24, 2.45) is 5.92 Å². The molecule has 1 aliphatic rings. The largest absolute Gasteiger partial charge is 0.480 e. The summed E-state index contributed by atoms with van der Waals surface area (Å²) in [6.45, 7) is 1.50. The fourth-order valence-electron chi connectivity index (χ4n) is 3.35. The first-order valence-corrected chi connectivity index (χ1v) is 8.23. The third-order valence-corrected chi connectivity index (χ3v) is 4.67. The van der Waals surface area contributed by atoms with Crippen molar-refractivity contribution in [1.29, 1.82) is 0 Å². The number of carboxylic acid groups (broad SMARTS) is 1. The number of aromatic nitrogens is 2. The summed E-state index contributed by atoms with van der Waals surface area (Å²) >= 11 is 0. The van der Waals surface area contributed by atoms with E-state index in [1.54, 1.807) is 12.1 Å². The van der Waals surface area contributed by atoms with Crippen molar-refractivity contribution in [3.8, 4) is 0 Å². The Morgan fingerprint density at radius 2 is 2.00 bits per heavy atom. The van der Waals surface area contributed by atoms with Gasteiger partial charge in [-0.05, 0) is 30.9 Å². The topological polar surface area (TPSA) is 75.4 Å². The summed E-state index contributed by atoms with van der Waals surface area (Å²) in [5, 5.41) is 9.36. The number of nitrogens with zero attached hydrogens (tertiary/aromatic N) is 3. The van der Waals surface area contributed by atoms with Gasteiger partial charge in [0, 0.05) is 6.54 Å².